The number of piperazine rings is 1. The molecule has 6 nitrogen and oxygen atoms in total. The monoisotopic (exact) mass is 371 g/mol. The Morgan fingerprint density at radius 2 is 1.65 bits per heavy atom. The second kappa shape index (κ2) is 8.23. The topological polar surface area (TPSA) is 66.7 Å². The van der Waals surface area contributed by atoms with Crippen LogP contribution in [0.5, 0.6) is 0 Å². The average molecular weight is 371 g/mol. The zero-order chi connectivity index (χ0) is 18.5. The molecule has 26 heavy (non-hydrogen) atoms. The molecule has 0 N–H and O–H groups in total. The van der Waals surface area contributed by atoms with Crippen molar-refractivity contribution in [3.05, 3.63) is 64.2 Å². The fraction of sp³-hybridized carbons (Fsp3) is 0.316. The van der Waals surface area contributed by atoms with Gasteiger partial charge in [-0.15, -0.1) is 11.8 Å². The highest BCUT2D eigenvalue weighted by molar-refractivity contribution is 8.00. The summed E-state index contributed by atoms with van der Waals surface area (Å²) in [5.41, 5.74) is 2.26. The van der Waals surface area contributed by atoms with Gasteiger partial charge in [-0.3, -0.25) is 14.9 Å². The highest BCUT2D eigenvalue weighted by Gasteiger charge is 2.21. The predicted octanol–water partition coefficient (Wildman–Crippen LogP) is 3.34. The summed E-state index contributed by atoms with van der Waals surface area (Å²) in [5, 5.41) is 10.7. The van der Waals surface area contributed by atoms with E-state index in [0.29, 0.717) is 18.8 Å². The Morgan fingerprint density at radius 1 is 1.04 bits per heavy atom. The number of carbonyl (C=O) groups is 1. The Balaban J connectivity index is 1.48. The SMILES string of the molecule is Cc1ccc(SCC(=O)N2CCN(c3ccc([N+](=O)[O-])cc3)CC2)cc1. The highest BCUT2D eigenvalue weighted by Crippen LogP contribution is 2.22. The molecule has 0 radical (unpaired) electrons. The summed E-state index contributed by atoms with van der Waals surface area (Å²) in [6.07, 6.45) is 0. The Morgan fingerprint density at radius 3 is 2.23 bits per heavy atom. The third-order valence-corrected chi connectivity index (χ3v) is 5.44. The van der Waals surface area contributed by atoms with E-state index in [9.17, 15) is 14.9 Å². The molecule has 1 aliphatic heterocycles. The minimum atomic E-state index is -0.397. The molecule has 2 aromatic carbocycles. The minimum Gasteiger partial charge on any atom is -0.368 e. The smallest absolute Gasteiger partial charge is 0.269 e. The summed E-state index contributed by atoms with van der Waals surface area (Å²) in [5.74, 6) is 0.597. The van der Waals surface area contributed by atoms with Gasteiger partial charge in [-0.1, -0.05) is 17.7 Å². The van der Waals surface area contributed by atoms with E-state index < -0.39 is 4.92 Å². The molecule has 0 aliphatic carbocycles. The van der Waals surface area contributed by atoms with E-state index in [0.717, 1.165) is 23.7 Å². The number of amides is 1. The summed E-state index contributed by atoms with van der Waals surface area (Å²) in [6, 6.07) is 14.8. The molecule has 1 fully saturated rings. The lowest BCUT2D eigenvalue weighted by atomic mass is 10.2. The van der Waals surface area contributed by atoms with Crippen molar-refractivity contribution in [2.24, 2.45) is 0 Å². The lowest BCUT2D eigenvalue weighted by molar-refractivity contribution is -0.384. The van der Waals surface area contributed by atoms with Gasteiger partial charge in [0.15, 0.2) is 0 Å². The second-order valence-corrected chi connectivity index (χ2v) is 7.29. The molecule has 1 heterocycles. The number of rotatable bonds is 5. The van der Waals surface area contributed by atoms with Gasteiger partial charge in [-0.25, -0.2) is 0 Å². The normalized spacial score (nSPS) is 14.3. The molecule has 0 atom stereocenters. The van der Waals surface area contributed by atoms with Crippen LogP contribution in [-0.4, -0.2) is 47.7 Å². The molecular formula is C19H21N3O3S. The molecule has 0 aromatic heterocycles. The molecule has 0 saturated carbocycles. The molecule has 0 unspecified atom stereocenters. The van der Waals surface area contributed by atoms with Crippen LogP contribution in [0.1, 0.15) is 5.56 Å². The van der Waals surface area contributed by atoms with Crippen LogP contribution in [0, 0.1) is 17.0 Å². The number of hydrogen-bond donors (Lipinski definition) is 0. The van der Waals surface area contributed by atoms with Crippen molar-refractivity contribution in [1.29, 1.82) is 0 Å². The van der Waals surface area contributed by atoms with E-state index in [1.54, 1.807) is 23.9 Å². The van der Waals surface area contributed by atoms with Crippen molar-refractivity contribution < 1.29 is 9.72 Å². The van der Waals surface area contributed by atoms with Gasteiger partial charge in [0.2, 0.25) is 5.91 Å². The van der Waals surface area contributed by atoms with E-state index in [2.05, 4.69) is 17.0 Å². The van der Waals surface area contributed by atoms with Crippen molar-refractivity contribution >= 4 is 29.0 Å². The summed E-state index contributed by atoms with van der Waals surface area (Å²) in [6.45, 7) is 4.86. The van der Waals surface area contributed by atoms with Crippen molar-refractivity contribution in [2.75, 3.05) is 36.8 Å². The number of nitro groups is 1. The minimum absolute atomic E-state index is 0.0932. The van der Waals surface area contributed by atoms with Crippen LogP contribution in [0.15, 0.2) is 53.4 Å². The van der Waals surface area contributed by atoms with Gasteiger partial charge < -0.3 is 9.80 Å². The number of aryl methyl sites for hydroxylation is 1. The van der Waals surface area contributed by atoms with Crippen LogP contribution in [0.25, 0.3) is 0 Å². The second-order valence-electron chi connectivity index (χ2n) is 6.24. The summed E-state index contributed by atoms with van der Waals surface area (Å²) in [4.78, 5) is 27.9. The molecule has 136 valence electrons. The van der Waals surface area contributed by atoms with Gasteiger partial charge in [0.25, 0.3) is 5.69 Å². The molecule has 3 rings (SSSR count). The first-order valence-corrected chi connectivity index (χ1v) is 9.48. The molecule has 7 heteroatoms. The maximum absolute atomic E-state index is 12.4. The lowest BCUT2D eigenvalue weighted by Crippen LogP contribution is -2.49. The molecule has 1 aliphatic rings. The first kappa shape index (κ1) is 18.3. The summed E-state index contributed by atoms with van der Waals surface area (Å²) >= 11 is 1.56. The van der Waals surface area contributed by atoms with Gasteiger partial charge >= 0.3 is 0 Å². The van der Waals surface area contributed by atoms with Crippen molar-refractivity contribution in [2.45, 2.75) is 11.8 Å². The van der Waals surface area contributed by atoms with Crippen LogP contribution in [-0.2, 0) is 4.79 Å². The number of benzene rings is 2. The third-order valence-electron chi connectivity index (χ3n) is 4.44. The Labute approximate surface area is 156 Å². The largest absolute Gasteiger partial charge is 0.368 e. The number of thioether (sulfide) groups is 1. The number of non-ortho nitro benzene ring substituents is 1. The van der Waals surface area contributed by atoms with Crippen molar-refractivity contribution in [1.82, 2.24) is 4.90 Å². The molecule has 2 aromatic rings. The van der Waals surface area contributed by atoms with Crippen LogP contribution in [0.2, 0.25) is 0 Å². The van der Waals surface area contributed by atoms with Gasteiger partial charge in [0.05, 0.1) is 10.7 Å². The molecule has 1 amide bonds. The van der Waals surface area contributed by atoms with Gasteiger partial charge in [0, 0.05) is 48.9 Å². The first-order valence-electron chi connectivity index (χ1n) is 8.49. The molecule has 0 spiro atoms. The molecular weight excluding hydrogens is 350 g/mol. The zero-order valence-electron chi connectivity index (χ0n) is 14.6. The van der Waals surface area contributed by atoms with E-state index in [1.165, 1.54) is 17.7 Å². The van der Waals surface area contributed by atoms with E-state index in [1.807, 2.05) is 24.0 Å². The first-order chi connectivity index (χ1) is 12.5. The number of nitrogens with zero attached hydrogens (tertiary/aromatic N) is 3. The number of nitro benzene ring substituents is 1. The Bertz CT molecular complexity index is 770. The fourth-order valence-electron chi connectivity index (χ4n) is 2.87. The third kappa shape index (κ3) is 4.54. The Hall–Kier alpha value is -2.54. The van der Waals surface area contributed by atoms with E-state index >= 15 is 0 Å². The average Bonchev–Trinajstić information content (AvgIpc) is 2.67. The predicted molar refractivity (Wildman–Crippen MR) is 104 cm³/mol. The molecule has 1 saturated heterocycles. The lowest BCUT2D eigenvalue weighted by Gasteiger charge is -2.36. The van der Waals surface area contributed by atoms with Crippen LogP contribution in [0.4, 0.5) is 11.4 Å². The maximum atomic E-state index is 12.4. The molecule has 0 bridgehead atoms. The number of carbonyl (C=O) groups excluding carboxylic acids is 1. The summed E-state index contributed by atoms with van der Waals surface area (Å²) in [7, 11) is 0. The van der Waals surface area contributed by atoms with Crippen molar-refractivity contribution in [3.8, 4) is 0 Å². The number of hydrogen-bond acceptors (Lipinski definition) is 5. The van der Waals surface area contributed by atoms with Crippen LogP contribution >= 0.6 is 11.8 Å². The fourth-order valence-corrected chi connectivity index (χ4v) is 3.67. The summed E-state index contributed by atoms with van der Waals surface area (Å²) < 4.78 is 0. The van der Waals surface area contributed by atoms with E-state index in [4.69, 9.17) is 0 Å². The Kier molecular flexibility index (Phi) is 5.78. The van der Waals surface area contributed by atoms with Gasteiger partial charge in [-0.2, -0.15) is 0 Å². The zero-order valence-corrected chi connectivity index (χ0v) is 15.4. The van der Waals surface area contributed by atoms with E-state index in [-0.39, 0.29) is 11.6 Å². The van der Waals surface area contributed by atoms with Gasteiger partial charge in [0.1, 0.15) is 0 Å². The van der Waals surface area contributed by atoms with Crippen molar-refractivity contribution in [3.63, 3.8) is 0 Å². The maximum Gasteiger partial charge on any atom is 0.269 e. The number of anilines is 1. The van der Waals surface area contributed by atoms with Crippen LogP contribution in [0.3, 0.4) is 0 Å². The van der Waals surface area contributed by atoms with Crippen LogP contribution < -0.4 is 4.90 Å². The van der Waals surface area contributed by atoms with Gasteiger partial charge in [-0.05, 0) is 31.2 Å². The standard InChI is InChI=1S/C19H21N3O3S/c1-15-2-8-18(9-3-15)26-14-19(23)21-12-10-20(11-13-21)16-4-6-17(7-5-16)22(24)25/h2-9H,10-14H2,1H3. The highest BCUT2D eigenvalue weighted by atomic mass is 32.2. The quantitative estimate of drug-likeness (QED) is 0.458.